The van der Waals surface area contributed by atoms with Crippen LogP contribution in [0, 0.1) is 0 Å². The number of urea groups is 1. The molecule has 2 heterocycles. The van der Waals surface area contributed by atoms with E-state index in [0.29, 0.717) is 0 Å². The van der Waals surface area contributed by atoms with E-state index in [-0.39, 0.29) is 30.8 Å². The number of hydrogen-bond acceptors (Lipinski definition) is 4. The van der Waals surface area contributed by atoms with Crippen LogP contribution in [0.1, 0.15) is 38.5 Å². The number of carbonyl (C=O) groups excluding carboxylic acids is 1. The van der Waals surface area contributed by atoms with E-state index in [4.69, 9.17) is 4.74 Å². The minimum Gasteiger partial charge on any atom is -0.383 e. The fraction of sp³-hybridized carbons (Fsp3) is 0.667. The van der Waals surface area contributed by atoms with Gasteiger partial charge in [-0.1, -0.05) is 6.07 Å². The zero-order chi connectivity index (χ0) is 15.5. The minimum atomic E-state index is -1.04. The third-order valence-corrected chi connectivity index (χ3v) is 4.80. The molecule has 0 saturated carbocycles. The van der Waals surface area contributed by atoms with Crippen molar-refractivity contribution in [2.24, 2.45) is 0 Å². The van der Waals surface area contributed by atoms with E-state index < -0.39 is 5.60 Å². The first-order valence-electron chi connectivity index (χ1n) is 7.33. The predicted octanol–water partition coefficient (Wildman–Crippen LogP) is 2.21. The first-order chi connectivity index (χ1) is 9.87. The van der Waals surface area contributed by atoms with Crippen molar-refractivity contribution in [3.63, 3.8) is 0 Å². The number of rotatable bonds is 4. The highest BCUT2D eigenvalue weighted by molar-refractivity contribution is 7.10. The topological polar surface area (TPSA) is 70.6 Å². The monoisotopic (exact) mass is 312 g/mol. The summed E-state index contributed by atoms with van der Waals surface area (Å²) in [4.78, 5) is 12.8. The van der Waals surface area contributed by atoms with Crippen LogP contribution in [-0.4, -0.2) is 35.9 Å². The third-order valence-electron chi connectivity index (χ3n) is 3.68. The fourth-order valence-corrected chi connectivity index (χ4v) is 3.47. The zero-order valence-corrected chi connectivity index (χ0v) is 13.6. The van der Waals surface area contributed by atoms with Gasteiger partial charge in [0.1, 0.15) is 5.60 Å². The first-order valence-corrected chi connectivity index (χ1v) is 8.21. The molecular weight excluding hydrogens is 288 g/mol. The molecule has 3 unspecified atom stereocenters. The van der Waals surface area contributed by atoms with Gasteiger partial charge >= 0.3 is 6.03 Å². The maximum absolute atomic E-state index is 12.0. The fourth-order valence-electron chi connectivity index (χ4n) is 2.68. The highest BCUT2D eigenvalue weighted by Gasteiger charge is 2.27. The van der Waals surface area contributed by atoms with Gasteiger partial charge in [-0.25, -0.2) is 4.79 Å². The molecule has 1 fully saturated rings. The Bertz CT molecular complexity index is 451. The summed E-state index contributed by atoms with van der Waals surface area (Å²) in [5, 5.41) is 18.0. The van der Waals surface area contributed by atoms with Gasteiger partial charge in [0, 0.05) is 10.9 Å². The summed E-state index contributed by atoms with van der Waals surface area (Å²) in [6.07, 6.45) is 1.96. The maximum Gasteiger partial charge on any atom is 0.315 e. The standard InChI is InChI=1S/C15H24N2O3S/c1-10-7-12(8-11(2)20-10)17-14(18)16-9-15(3,19)13-5-4-6-21-13/h4-6,10-12,19H,7-9H2,1-3H3,(H2,16,17,18). The predicted molar refractivity (Wildman–Crippen MR) is 83.5 cm³/mol. The number of nitrogens with one attached hydrogen (secondary N) is 2. The highest BCUT2D eigenvalue weighted by atomic mass is 32.1. The molecule has 1 aromatic rings. The van der Waals surface area contributed by atoms with Crippen molar-refractivity contribution in [2.45, 2.75) is 57.5 Å². The summed E-state index contributed by atoms with van der Waals surface area (Å²) in [7, 11) is 0. The maximum atomic E-state index is 12.0. The van der Waals surface area contributed by atoms with Crippen molar-refractivity contribution in [3.8, 4) is 0 Å². The number of aliphatic hydroxyl groups is 1. The van der Waals surface area contributed by atoms with Crippen molar-refractivity contribution in [1.82, 2.24) is 10.6 Å². The number of ether oxygens (including phenoxy) is 1. The SMILES string of the molecule is CC1CC(NC(=O)NCC(C)(O)c2cccs2)CC(C)O1. The highest BCUT2D eigenvalue weighted by Crippen LogP contribution is 2.24. The van der Waals surface area contributed by atoms with Crippen LogP contribution in [0.4, 0.5) is 4.79 Å². The first kappa shape index (κ1) is 16.3. The van der Waals surface area contributed by atoms with Gasteiger partial charge in [0.15, 0.2) is 0 Å². The van der Waals surface area contributed by atoms with E-state index in [1.54, 1.807) is 6.92 Å². The normalized spacial score (nSPS) is 28.7. The van der Waals surface area contributed by atoms with Gasteiger partial charge in [-0.15, -0.1) is 11.3 Å². The lowest BCUT2D eigenvalue weighted by molar-refractivity contribution is -0.0403. The van der Waals surface area contributed by atoms with E-state index in [1.165, 1.54) is 11.3 Å². The van der Waals surface area contributed by atoms with Crippen molar-refractivity contribution in [1.29, 1.82) is 0 Å². The Hall–Kier alpha value is -1.11. The molecule has 0 aromatic carbocycles. The molecule has 1 saturated heterocycles. The second-order valence-electron chi connectivity index (χ2n) is 6.00. The largest absolute Gasteiger partial charge is 0.383 e. The molecule has 2 amide bonds. The Balaban J connectivity index is 1.79. The van der Waals surface area contributed by atoms with Crippen molar-refractivity contribution >= 4 is 17.4 Å². The number of carbonyl (C=O) groups is 1. The smallest absolute Gasteiger partial charge is 0.315 e. The summed E-state index contributed by atoms with van der Waals surface area (Å²) in [5.74, 6) is 0. The Morgan fingerprint density at radius 2 is 2.14 bits per heavy atom. The van der Waals surface area contributed by atoms with Gasteiger partial charge in [-0.3, -0.25) is 0 Å². The summed E-state index contributed by atoms with van der Waals surface area (Å²) >= 11 is 1.48. The van der Waals surface area contributed by atoms with E-state index in [9.17, 15) is 9.90 Å². The summed E-state index contributed by atoms with van der Waals surface area (Å²) in [5.41, 5.74) is -1.04. The van der Waals surface area contributed by atoms with Crippen LogP contribution in [0.5, 0.6) is 0 Å². The molecule has 0 bridgehead atoms. The molecule has 0 spiro atoms. The summed E-state index contributed by atoms with van der Waals surface area (Å²) < 4.78 is 5.65. The van der Waals surface area contributed by atoms with Crippen LogP contribution < -0.4 is 10.6 Å². The van der Waals surface area contributed by atoms with Crippen LogP contribution >= 0.6 is 11.3 Å². The number of hydrogen-bond donors (Lipinski definition) is 3. The number of amides is 2. The zero-order valence-electron chi connectivity index (χ0n) is 12.8. The molecule has 0 radical (unpaired) electrons. The van der Waals surface area contributed by atoms with Gasteiger partial charge < -0.3 is 20.5 Å². The second kappa shape index (κ2) is 6.77. The van der Waals surface area contributed by atoms with Gasteiger partial charge in [-0.2, -0.15) is 0 Å². The van der Waals surface area contributed by atoms with Crippen LogP contribution in [0.3, 0.4) is 0 Å². The second-order valence-corrected chi connectivity index (χ2v) is 6.95. The van der Waals surface area contributed by atoms with Crippen LogP contribution in [-0.2, 0) is 10.3 Å². The van der Waals surface area contributed by atoms with Crippen molar-refractivity contribution < 1.29 is 14.6 Å². The van der Waals surface area contributed by atoms with E-state index in [1.807, 2.05) is 31.4 Å². The molecule has 2 rings (SSSR count). The lowest BCUT2D eigenvalue weighted by atomic mass is 10.00. The van der Waals surface area contributed by atoms with E-state index in [2.05, 4.69) is 10.6 Å². The molecule has 1 aromatic heterocycles. The Labute approximate surface area is 129 Å². The minimum absolute atomic E-state index is 0.121. The Morgan fingerprint density at radius 1 is 1.48 bits per heavy atom. The Morgan fingerprint density at radius 3 is 2.71 bits per heavy atom. The van der Waals surface area contributed by atoms with Gasteiger partial charge in [-0.05, 0) is 45.1 Å². The molecule has 3 atom stereocenters. The lowest BCUT2D eigenvalue weighted by Gasteiger charge is -2.32. The molecular formula is C15H24N2O3S. The Kier molecular flexibility index (Phi) is 5.24. The molecule has 6 heteroatoms. The quantitative estimate of drug-likeness (QED) is 0.798. The molecule has 1 aliphatic rings. The molecule has 3 N–H and O–H groups in total. The van der Waals surface area contributed by atoms with Crippen LogP contribution in [0.15, 0.2) is 17.5 Å². The van der Waals surface area contributed by atoms with Gasteiger partial charge in [0.2, 0.25) is 0 Å². The average Bonchev–Trinajstić information content (AvgIpc) is 2.89. The van der Waals surface area contributed by atoms with Crippen LogP contribution in [0.25, 0.3) is 0 Å². The van der Waals surface area contributed by atoms with Gasteiger partial charge in [0.05, 0.1) is 18.8 Å². The molecule has 21 heavy (non-hydrogen) atoms. The van der Waals surface area contributed by atoms with Crippen LogP contribution in [0.2, 0.25) is 0 Å². The summed E-state index contributed by atoms with van der Waals surface area (Å²) in [6.45, 7) is 5.93. The van der Waals surface area contributed by atoms with Crippen molar-refractivity contribution in [2.75, 3.05) is 6.54 Å². The molecule has 5 nitrogen and oxygen atoms in total. The average molecular weight is 312 g/mol. The molecule has 0 aliphatic carbocycles. The molecule has 1 aliphatic heterocycles. The van der Waals surface area contributed by atoms with Crippen molar-refractivity contribution in [3.05, 3.63) is 22.4 Å². The van der Waals surface area contributed by atoms with E-state index in [0.717, 1.165) is 17.7 Å². The van der Waals surface area contributed by atoms with Gasteiger partial charge in [0.25, 0.3) is 0 Å². The van der Waals surface area contributed by atoms with E-state index >= 15 is 0 Å². The lowest BCUT2D eigenvalue weighted by Crippen LogP contribution is -2.49. The summed E-state index contributed by atoms with van der Waals surface area (Å²) in [6, 6.07) is 3.64. The molecule has 118 valence electrons. The third kappa shape index (κ3) is 4.69. The number of thiophene rings is 1.